The summed E-state index contributed by atoms with van der Waals surface area (Å²) in [6.45, 7) is 1.95. The molecule has 1 heterocycles. The molecule has 0 saturated heterocycles. The van der Waals surface area contributed by atoms with E-state index in [9.17, 15) is 4.79 Å². The number of amides is 1. The van der Waals surface area contributed by atoms with E-state index < -0.39 is 6.04 Å². The molecule has 3 N–H and O–H groups in total. The Bertz CT molecular complexity index is 996. The quantitative estimate of drug-likeness (QED) is 0.636. The second-order valence-corrected chi connectivity index (χ2v) is 8.16. The number of benzene rings is 2. The van der Waals surface area contributed by atoms with Crippen molar-refractivity contribution in [1.29, 1.82) is 0 Å². The third kappa shape index (κ3) is 3.75. The van der Waals surface area contributed by atoms with Crippen LogP contribution in [0.5, 0.6) is 0 Å². The maximum atomic E-state index is 12.8. The summed E-state index contributed by atoms with van der Waals surface area (Å²) >= 11 is 3.54. The van der Waals surface area contributed by atoms with Gasteiger partial charge in [-0.2, -0.15) is 0 Å². The van der Waals surface area contributed by atoms with E-state index in [-0.39, 0.29) is 11.8 Å². The summed E-state index contributed by atoms with van der Waals surface area (Å²) in [6, 6.07) is 13.4. The van der Waals surface area contributed by atoms with E-state index in [0.717, 1.165) is 40.9 Å². The number of carbonyl (C=O) groups is 1. The van der Waals surface area contributed by atoms with Crippen LogP contribution in [0.3, 0.4) is 0 Å². The molecule has 3 aromatic rings. The van der Waals surface area contributed by atoms with Gasteiger partial charge >= 0.3 is 0 Å². The van der Waals surface area contributed by atoms with Crippen LogP contribution in [0.2, 0.25) is 0 Å². The van der Waals surface area contributed by atoms with Gasteiger partial charge in [0.15, 0.2) is 0 Å². The minimum Gasteiger partial charge on any atom is -0.325 e. The number of rotatable bonds is 4. The van der Waals surface area contributed by atoms with Crippen molar-refractivity contribution >= 4 is 27.5 Å². The van der Waals surface area contributed by atoms with Crippen molar-refractivity contribution in [3.63, 3.8) is 0 Å². The Morgan fingerprint density at radius 1 is 1.29 bits per heavy atom. The molecule has 1 unspecified atom stereocenters. The highest BCUT2D eigenvalue weighted by molar-refractivity contribution is 9.10. The number of imidazole rings is 1. The van der Waals surface area contributed by atoms with Crippen LogP contribution < -0.4 is 11.1 Å². The number of carbonyl (C=O) groups excluding carboxylic acids is 1. The Kier molecular flexibility index (Phi) is 5.33. The first-order chi connectivity index (χ1) is 13.5. The van der Waals surface area contributed by atoms with E-state index in [1.54, 1.807) is 6.20 Å². The number of anilines is 1. The SMILES string of the molecule is Cc1nccn1-c1ccc(NC(=O)C(N)[C@@H]2CCCc3ccc(Br)cc32)cc1. The summed E-state index contributed by atoms with van der Waals surface area (Å²) in [5, 5.41) is 2.97. The Labute approximate surface area is 173 Å². The second-order valence-electron chi connectivity index (χ2n) is 7.25. The normalized spacial score (nSPS) is 17.0. The van der Waals surface area contributed by atoms with Gasteiger partial charge in [0.05, 0.1) is 6.04 Å². The Morgan fingerprint density at radius 2 is 2.07 bits per heavy atom. The zero-order chi connectivity index (χ0) is 19.7. The topological polar surface area (TPSA) is 72.9 Å². The molecule has 1 aromatic heterocycles. The van der Waals surface area contributed by atoms with Crippen molar-refractivity contribution < 1.29 is 4.79 Å². The van der Waals surface area contributed by atoms with Crippen LogP contribution in [0, 0.1) is 6.92 Å². The largest absolute Gasteiger partial charge is 0.325 e. The molecule has 1 aliphatic carbocycles. The molecule has 0 bridgehead atoms. The molecule has 0 fully saturated rings. The molecule has 0 aliphatic heterocycles. The van der Waals surface area contributed by atoms with Gasteiger partial charge in [-0.25, -0.2) is 4.98 Å². The highest BCUT2D eigenvalue weighted by Crippen LogP contribution is 2.35. The monoisotopic (exact) mass is 438 g/mol. The first kappa shape index (κ1) is 18.9. The molecule has 1 amide bonds. The van der Waals surface area contributed by atoms with Gasteiger partial charge in [0, 0.05) is 34.2 Å². The summed E-state index contributed by atoms with van der Waals surface area (Å²) in [7, 11) is 0. The van der Waals surface area contributed by atoms with Gasteiger partial charge in [0.1, 0.15) is 5.82 Å². The summed E-state index contributed by atoms with van der Waals surface area (Å²) in [6.07, 6.45) is 6.71. The molecule has 0 saturated carbocycles. The van der Waals surface area contributed by atoms with Crippen LogP contribution in [0.1, 0.15) is 35.7 Å². The van der Waals surface area contributed by atoms with Gasteiger partial charge < -0.3 is 15.6 Å². The fourth-order valence-corrected chi connectivity index (χ4v) is 4.32. The zero-order valence-electron chi connectivity index (χ0n) is 15.7. The van der Waals surface area contributed by atoms with Crippen LogP contribution in [0.25, 0.3) is 5.69 Å². The second kappa shape index (κ2) is 7.89. The maximum Gasteiger partial charge on any atom is 0.241 e. The minimum absolute atomic E-state index is 0.0362. The Morgan fingerprint density at radius 3 is 2.79 bits per heavy atom. The number of nitrogens with zero attached hydrogens (tertiary/aromatic N) is 2. The lowest BCUT2D eigenvalue weighted by atomic mass is 9.79. The lowest BCUT2D eigenvalue weighted by Crippen LogP contribution is -2.41. The van der Waals surface area contributed by atoms with Crippen molar-refractivity contribution in [1.82, 2.24) is 9.55 Å². The van der Waals surface area contributed by atoms with Gasteiger partial charge in [-0.3, -0.25) is 4.79 Å². The van der Waals surface area contributed by atoms with E-state index in [1.807, 2.05) is 42.0 Å². The molecular formula is C22H23BrN4O. The predicted molar refractivity (Wildman–Crippen MR) is 115 cm³/mol. The number of hydrogen-bond donors (Lipinski definition) is 2. The van der Waals surface area contributed by atoms with E-state index >= 15 is 0 Å². The van der Waals surface area contributed by atoms with E-state index in [0.29, 0.717) is 0 Å². The van der Waals surface area contributed by atoms with E-state index in [1.165, 1.54) is 11.1 Å². The van der Waals surface area contributed by atoms with E-state index in [4.69, 9.17) is 5.73 Å². The van der Waals surface area contributed by atoms with Gasteiger partial charge in [-0.15, -0.1) is 0 Å². The van der Waals surface area contributed by atoms with Crippen LogP contribution in [0.4, 0.5) is 5.69 Å². The lowest BCUT2D eigenvalue weighted by Gasteiger charge is -2.29. The number of halogens is 1. The van der Waals surface area contributed by atoms with Crippen LogP contribution >= 0.6 is 15.9 Å². The van der Waals surface area contributed by atoms with Crippen LogP contribution in [-0.2, 0) is 11.2 Å². The minimum atomic E-state index is -0.580. The van der Waals surface area contributed by atoms with Crippen molar-refractivity contribution in [3.05, 3.63) is 76.3 Å². The average Bonchev–Trinajstić information content (AvgIpc) is 3.13. The average molecular weight is 439 g/mol. The predicted octanol–water partition coefficient (Wildman–Crippen LogP) is 4.33. The van der Waals surface area contributed by atoms with Crippen LogP contribution in [-0.4, -0.2) is 21.5 Å². The maximum absolute atomic E-state index is 12.8. The number of hydrogen-bond acceptors (Lipinski definition) is 3. The Hall–Kier alpha value is -2.44. The molecule has 0 spiro atoms. The van der Waals surface area contributed by atoms with Crippen LogP contribution in [0.15, 0.2) is 59.3 Å². The Balaban J connectivity index is 1.48. The third-order valence-corrected chi connectivity index (χ3v) is 5.94. The molecule has 5 nitrogen and oxygen atoms in total. The molecule has 2 atom stereocenters. The van der Waals surface area contributed by atoms with Gasteiger partial charge in [0.2, 0.25) is 5.91 Å². The number of nitrogens with one attached hydrogen (secondary N) is 1. The van der Waals surface area contributed by atoms with E-state index in [2.05, 4.69) is 44.4 Å². The molecule has 4 rings (SSSR count). The molecule has 0 radical (unpaired) electrons. The first-order valence-electron chi connectivity index (χ1n) is 9.48. The van der Waals surface area contributed by atoms with Crippen molar-refractivity contribution in [2.45, 2.75) is 38.1 Å². The van der Waals surface area contributed by atoms with Crippen molar-refractivity contribution in [2.75, 3.05) is 5.32 Å². The fourth-order valence-electron chi connectivity index (χ4n) is 3.94. The molecule has 6 heteroatoms. The molecule has 28 heavy (non-hydrogen) atoms. The number of aromatic nitrogens is 2. The zero-order valence-corrected chi connectivity index (χ0v) is 17.3. The van der Waals surface area contributed by atoms with Gasteiger partial charge in [-0.05, 0) is 73.7 Å². The first-order valence-corrected chi connectivity index (χ1v) is 10.3. The smallest absolute Gasteiger partial charge is 0.241 e. The third-order valence-electron chi connectivity index (χ3n) is 5.44. The molecular weight excluding hydrogens is 416 g/mol. The van der Waals surface area contributed by atoms with Gasteiger partial charge in [-0.1, -0.05) is 22.0 Å². The summed E-state index contributed by atoms with van der Waals surface area (Å²) in [5.74, 6) is 0.805. The molecule has 1 aliphatic rings. The standard InChI is InChI=1S/C22H23BrN4O/c1-14-25-11-12-27(14)18-9-7-17(8-10-18)26-22(28)21(24)19-4-2-3-15-5-6-16(23)13-20(15)19/h5-13,19,21H,2-4,24H2,1H3,(H,26,28)/t19-,21?/m1/s1. The highest BCUT2D eigenvalue weighted by atomic mass is 79.9. The number of aryl methyl sites for hydroxylation is 2. The summed E-state index contributed by atoms with van der Waals surface area (Å²) in [5.41, 5.74) is 10.6. The van der Waals surface area contributed by atoms with Crippen molar-refractivity contribution in [3.8, 4) is 5.69 Å². The molecule has 144 valence electrons. The number of fused-ring (bicyclic) bond motifs is 1. The summed E-state index contributed by atoms with van der Waals surface area (Å²) in [4.78, 5) is 17.0. The fraction of sp³-hybridized carbons (Fsp3) is 0.273. The lowest BCUT2D eigenvalue weighted by molar-refractivity contribution is -0.117. The van der Waals surface area contributed by atoms with Crippen molar-refractivity contribution in [2.24, 2.45) is 5.73 Å². The number of nitrogens with two attached hydrogens (primary N) is 1. The van der Waals surface area contributed by atoms with Gasteiger partial charge in [0.25, 0.3) is 0 Å². The molecule has 2 aromatic carbocycles. The highest BCUT2D eigenvalue weighted by Gasteiger charge is 2.30. The summed E-state index contributed by atoms with van der Waals surface area (Å²) < 4.78 is 3.02.